The van der Waals surface area contributed by atoms with Crippen LogP contribution in [0, 0.1) is 22.0 Å². The maximum Gasteiger partial charge on any atom is 0.275 e. The summed E-state index contributed by atoms with van der Waals surface area (Å²) in [6.07, 6.45) is 0.990. The fraction of sp³-hybridized carbons (Fsp3) is 0.333. The molecule has 154 valence electrons. The molecule has 3 fully saturated rings. The van der Waals surface area contributed by atoms with Crippen LogP contribution in [-0.2, 0) is 14.3 Å². The van der Waals surface area contributed by atoms with Crippen LogP contribution in [0.15, 0.2) is 42.5 Å². The van der Waals surface area contributed by atoms with Gasteiger partial charge in [0, 0.05) is 12.1 Å². The van der Waals surface area contributed by atoms with Crippen molar-refractivity contribution in [1.82, 2.24) is 0 Å². The molecule has 4 atom stereocenters. The molecule has 3 heterocycles. The summed E-state index contributed by atoms with van der Waals surface area (Å²) >= 11 is 0. The molecule has 9 nitrogen and oxygen atoms in total. The Labute approximate surface area is 171 Å². The van der Waals surface area contributed by atoms with Gasteiger partial charge in [0.1, 0.15) is 17.2 Å². The van der Waals surface area contributed by atoms with E-state index in [9.17, 15) is 19.7 Å². The van der Waals surface area contributed by atoms with E-state index in [0.717, 1.165) is 17.7 Å². The summed E-state index contributed by atoms with van der Waals surface area (Å²) in [7, 11) is 1.54. The van der Waals surface area contributed by atoms with E-state index in [-0.39, 0.29) is 41.1 Å². The number of anilines is 1. The van der Waals surface area contributed by atoms with Crippen LogP contribution >= 0.6 is 0 Å². The number of hydrogen-bond acceptors (Lipinski definition) is 7. The molecule has 3 aliphatic rings. The average Bonchev–Trinajstić information content (AvgIpc) is 3.42. The van der Waals surface area contributed by atoms with Crippen molar-refractivity contribution in [3.63, 3.8) is 0 Å². The van der Waals surface area contributed by atoms with Crippen molar-refractivity contribution in [3.05, 3.63) is 52.6 Å². The summed E-state index contributed by atoms with van der Waals surface area (Å²) in [4.78, 5) is 37.9. The lowest BCUT2D eigenvalue weighted by Gasteiger charge is -2.18. The van der Waals surface area contributed by atoms with Crippen molar-refractivity contribution < 1.29 is 28.7 Å². The Bertz CT molecular complexity index is 1020. The van der Waals surface area contributed by atoms with Gasteiger partial charge in [-0.1, -0.05) is 0 Å². The van der Waals surface area contributed by atoms with Gasteiger partial charge in [-0.25, -0.2) is 4.90 Å². The molecule has 2 aromatic carbocycles. The lowest BCUT2D eigenvalue weighted by molar-refractivity contribution is -0.384. The topological polar surface area (TPSA) is 108 Å². The zero-order valence-corrected chi connectivity index (χ0v) is 16.0. The molecular weight excluding hydrogens is 392 g/mol. The molecule has 2 aromatic rings. The Morgan fingerprint density at radius 3 is 2.13 bits per heavy atom. The molecule has 0 aliphatic carbocycles. The van der Waals surface area contributed by atoms with Crippen molar-refractivity contribution in [3.8, 4) is 17.2 Å². The molecule has 2 amide bonds. The summed E-state index contributed by atoms with van der Waals surface area (Å²) in [5.74, 6) is -0.534. The van der Waals surface area contributed by atoms with Crippen LogP contribution in [-0.4, -0.2) is 36.1 Å². The van der Waals surface area contributed by atoms with Crippen LogP contribution in [0.1, 0.15) is 12.8 Å². The van der Waals surface area contributed by atoms with E-state index in [1.807, 2.05) is 0 Å². The first-order chi connectivity index (χ1) is 14.5. The number of rotatable bonds is 5. The van der Waals surface area contributed by atoms with Crippen molar-refractivity contribution >= 4 is 23.2 Å². The number of imide groups is 1. The van der Waals surface area contributed by atoms with Crippen molar-refractivity contribution in [2.75, 3.05) is 12.0 Å². The first-order valence-corrected chi connectivity index (χ1v) is 9.61. The minimum Gasteiger partial charge on any atom is -0.497 e. The summed E-state index contributed by atoms with van der Waals surface area (Å²) < 4.78 is 16.6. The molecule has 0 spiro atoms. The highest BCUT2D eigenvalue weighted by Crippen LogP contribution is 2.50. The number of nitro groups is 1. The van der Waals surface area contributed by atoms with E-state index < -0.39 is 16.8 Å². The third-order valence-corrected chi connectivity index (χ3v) is 5.92. The third kappa shape index (κ3) is 2.81. The van der Waals surface area contributed by atoms with Crippen molar-refractivity contribution in [1.29, 1.82) is 0 Å². The number of nitrogens with zero attached hydrogens (tertiary/aromatic N) is 2. The summed E-state index contributed by atoms with van der Waals surface area (Å²) in [5, 5.41) is 11.5. The summed E-state index contributed by atoms with van der Waals surface area (Å²) in [5.41, 5.74) is -0.135. The van der Waals surface area contributed by atoms with Gasteiger partial charge in [0.05, 0.1) is 47.8 Å². The quantitative estimate of drug-likeness (QED) is 0.423. The molecule has 5 rings (SSSR count). The monoisotopic (exact) mass is 410 g/mol. The number of amides is 2. The molecule has 9 heteroatoms. The smallest absolute Gasteiger partial charge is 0.275 e. The lowest BCUT2D eigenvalue weighted by Crippen LogP contribution is -2.34. The van der Waals surface area contributed by atoms with Crippen LogP contribution in [0.5, 0.6) is 17.2 Å². The van der Waals surface area contributed by atoms with Crippen LogP contribution < -0.4 is 14.4 Å². The summed E-state index contributed by atoms with van der Waals surface area (Å²) in [6, 6.07) is 10.6. The Kier molecular flexibility index (Phi) is 4.21. The average molecular weight is 410 g/mol. The number of methoxy groups -OCH3 is 1. The zero-order chi connectivity index (χ0) is 21.0. The largest absolute Gasteiger partial charge is 0.497 e. The Hall–Kier alpha value is -3.46. The Balaban J connectivity index is 1.49. The zero-order valence-electron chi connectivity index (χ0n) is 16.0. The fourth-order valence-electron chi connectivity index (χ4n) is 4.61. The first kappa shape index (κ1) is 18.6. The van der Waals surface area contributed by atoms with Crippen LogP contribution in [0.25, 0.3) is 0 Å². The van der Waals surface area contributed by atoms with Crippen molar-refractivity contribution in [2.24, 2.45) is 11.8 Å². The fourth-order valence-corrected chi connectivity index (χ4v) is 4.61. The Morgan fingerprint density at radius 2 is 1.57 bits per heavy atom. The second-order valence-electron chi connectivity index (χ2n) is 7.57. The van der Waals surface area contributed by atoms with Gasteiger partial charge < -0.3 is 14.2 Å². The van der Waals surface area contributed by atoms with Crippen LogP contribution in [0.2, 0.25) is 0 Å². The van der Waals surface area contributed by atoms with E-state index in [1.54, 1.807) is 31.4 Å². The molecule has 0 unspecified atom stereocenters. The standard InChI is InChI=1S/C21H18N2O7/c1-28-13-2-4-14(5-3-13)29-15-9-11(8-12(10-15)23(26)27)22-20(24)18-16-6-7-17(30-16)19(18)21(22)25/h2-5,8-10,16-19H,6-7H2,1H3/t16-,17+,18-,19-/m0/s1. The number of carbonyl (C=O) groups is 2. The number of hydrogen-bond donors (Lipinski definition) is 0. The highest BCUT2D eigenvalue weighted by atomic mass is 16.6. The molecule has 3 aliphatic heterocycles. The first-order valence-electron chi connectivity index (χ1n) is 9.61. The van der Waals surface area contributed by atoms with Gasteiger partial charge in [-0.3, -0.25) is 19.7 Å². The SMILES string of the molecule is COc1ccc(Oc2cc(N3C(=O)[C@@H]4[C@@H](C3=O)[C@H]3CC[C@@H]4O3)cc([N+](=O)[O-])c2)cc1. The molecule has 0 aromatic heterocycles. The van der Waals surface area contributed by atoms with Gasteiger partial charge in [-0.2, -0.15) is 0 Å². The predicted octanol–water partition coefficient (Wildman–Crippen LogP) is 3.06. The predicted molar refractivity (Wildman–Crippen MR) is 104 cm³/mol. The van der Waals surface area contributed by atoms with E-state index in [1.165, 1.54) is 18.2 Å². The Morgan fingerprint density at radius 1 is 0.967 bits per heavy atom. The second kappa shape index (κ2) is 6.81. The minimum absolute atomic E-state index is 0.136. The van der Waals surface area contributed by atoms with Crippen LogP contribution in [0.4, 0.5) is 11.4 Å². The lowest BCUT2D eigenvalue weighted by atomic mass is 9.81. The van der Waals surface area contributed by atoms with E-state index in [2.05, 4.69) is 0 Å². The molecule has 0 saturated carbocycles. The number of fused-ring (bicyclic) bond motifs is 5. The highest BCUT2D eigenvalue weighted by Gasteiger charge is 2.62. The molecular formula is C21H18N2O7. The van der Waals surface area contributed by atoms with Gasteiger partial charge in [-0.15, -0.1) is 0 Å². The number of nitro benzene ring substituents is 1. The number of ether oxygens (including phenoxy) is 3. The van der Waals surface area contributed by atoms with Gasteiger partial charge in [0.25, 0.3) is 5.69 Å². The number of benzene rings is 2. The number of non-ortho nitro benzene ring substituents is 1. The van der Waals surface area contributed by atoms with E-state index in [4.69, 9.17) is 14.2 Å². The minimum atomic E-state index is -0.580. The molecule has 0 radical (unpaired) electrons. The molecule has 0 N–H and O–H groups in total. The second-order valence-corrected chi connectivity index (χ2v) is 7.57. The van der Waals surface area contributed by atoms with Crippen molar-refractivity contribution in [2.45, 2.75) is 25.0 Å². The van der Waals surface area contributed by atoms with Gasteiger partial charge in [0.2, 0.25) is 11.8 Å². The normalized spacial score (nSPS) is 26.8. The van der Waals surface area contributed by atoms with E-state index >= 15 is 0 Å². The maximum atomic E-state index is 13.0. The third-order valence-electron chi connectivity index (χ3n) is 5.92. The highest BCUT2D eigenvalue weighted by molar-refractivity contribution is 6.23. The molecule has 3 saturated heterocycles. The van der Waals surface area contributed by atoms with Gasteiger partial charge in [-0.05, 0) is 37.1 Å². The number of carbonyl (C=O) groups excluding carboxylic acids is 2. The van der Waals surface area contributed by atoms with Crippen LogP contribution in [0.3, 0.4) is 0 Å². The molecule has 30 heavy (non-hydrogen) atoms. The molecule has 2 bridgehead atoms. The van der Waals surface area contributed by atoms with E-state index in [0.29, 0.717) is 11.5 Å². The van der Waals surface area contributed by atoms with Gasteiger partial charge in [0.15, 0.2) is 0 Å². The summed E-state index contributed by atoms with van der Waals surface area (Å²) in [6.45, 7) is 0. The maximum absolute atomic E-state index is 13.0. The van der Waals surface area contributed by atoms with Gasteiger partial charge >= 0.3 is 0 Å².